The first kappa shape index (κ1) is 14.0. The van der Waals surface area contributed by atoms with Crippen molar-refractivity contribution in [3.8, 4) is 5.75 Å². The summed E-state index contributed by atoms with van der Waals surface area (Å²) in [6, 6.07) is 9.61. The lowest BCUT2D eigenvalue weighted by Gasteiger charge is -2.12. The Hall–Kier alpha value is -1.39. The molecule has 100 valence electrons. The molecule has 2 rings (SSSR count). The van der Waals surface area contributed by atoms with Crippen LogP contribution < -0.4 is 4.74 Å². The summed E-state index contributed by atoms with van der Waals surface area (Å²) in [4.78, 5) is 4.21. The van der Waals surface area contributed by atoms with Gasteiger partial charge >= 0.3 is 0 Å². The lowest BCUT2D eigenvalue weighted by atomic mass is 10.0. The zero-order valence-corrected chi connectivity index (χ0v) is 12.5. The number of methoxy groups -OCH3 is 1. The van der Waals surface area contributed by atoms with E-state index in [0.29, 0.717) is 12.1 Å². The van der Waals surface area contributed by atoms with E-state index < -0.39 is 6.10 Å². The van der Waals surface area contributed by atoms with Crippen LogP contribution in [0.2, 0.25) is 0 Å². The Morgan fingerprint density at radius 1 is 1.32 bits per heavy atom. The summed E-state index contributed by atoms with van der Waals surface area (Å²) in [5.74, 6) is 0.784. The Labute approximate surface area is 121 Å². The molecule has 0 aliphatic heterocycles. The SMILES string of the molecule is COc1ccc(CC(O)c2cc(C)ccn2)cc1Br. The number of nitrogens with zero attached hydrogens (tertiary/aromatic N) is 1. The maximum Gasteiger partial charge on any atom is 0.133 e. The number of aromatic nitrogens is 1. The Morgan fingerprint density at radius 3 is 2.74 bits per heavy atom. The molecule has 0 saturated heterocycles. The van der Waals surface area contributed by atoms with Gasteiger partial charge in [-0.3, -0.25) is 4.98 Å². The Bertz CT molecular complexity index is 572. The van der Waals surface area contributed by atoms with E-state index in [1.165, 1.54) is 0 Å². The van der Waals surface area contributed by atoms with Gasteiger partial charge in [0, 0.05) is 12.6 Å². The Kier molecular flexibility index (Phi) is 4.56. The lowest BCUT2D eigenvalue weighted by molar-refractivity contribution is 0.173. The summed E-state index contributed by atoms with van der Waals surface area (Å²) >= 11 is 3.44. The fourth-order valence-electron chi connectivity index (χ4n) is 1.91. The van der Waals surface area contributed by atoms with Crippen LogP contribution in [-0.4, -0.2) is 17.2 Å². The number of aliphatic hydroxyl groups is 1. The van der Waals surface area contributed by atoms with Crippen LogP contribution in [-0.2, 0) is 6.42 Å². The topological polar surface area (TPSA) is 42.4 Å². The maximum atomic E-state index is 10.2. The summed E-state index contributed by atoms with van der Waals surface area (Å²) in [5.41, 5.74) is 2.83. The molecule has 3 nitrogen and oxygen atoms in total. The van der Waals surface area contributed by atoms with Crippen LogP contribution in [0.1, 0.15) is 22.9 Å². The highest BCUT2D eigenvalue weighted by Crippen LogP contribution is 2.27. The number of benzene rings is 1. The lowest BCUT2D eigenvalue weighted by Crippen LogP contribution is -2.04. The van der Waals surface area contributed by atoms with E-state index in [9.17, 15) is 5.11 Å². The molecule has 0 spiro atoms. The Balaban J connectivity index is 2.14. The molecule has 1 N–H and O–H groups in total. The molecule has 1 aromatic carbocycles. The van der Waals surface area contributed by atoms with Gasteiger partial charge in [-0.25, -0.2) is 0 Å². The zero-order chi connectivity index (χ0) is 13.8. The van der Waals surface area contributed by atoms with Gasteiger partial charge in [-0.1, -0.05) is 6.07 Å². The number of aryl methyl sites for hydroxylation is 1. The van der Waals surface area contributed by atoms with Gasteiger partial charge in [-0.15, -0.1) is 0 Å². The maximum absolute atomic E-state index is 10.2. The molecular weight excluding hydrogens is 306 g/mol. The van der Waals surface area contributed by atoms with Gasteiger partial charge in [0.1, 0.15) is 5.75 Å². The normalized spacial score (nSPS) is 12.2. The van der Waals surface area contributed by atoms with Gasteiger partial charge < -0.3 is 9.84 Å². The third-order valence-electron chi connectivity index (χ3n) is 2.92. The number of aliphatic hydroxyl groups excluding tert-OH is 1. The van der Waals surface area contributed by atoms with Crippen LogP contribution in [0.5, 0.6) is 5.75 Å². The van der Waals surface area contributed by atoms with E-state index in [-0.39, 0.29) is 0 Å². The molecule has 0 amide bonds. The van der Waals surface area contributed by atoms with E-state index >= 15 is 0 Å². The fraction of sp³-hybridized carbons (Fsp3) is 0.267. The van der Waals surface area contributed by atoms with Crippen LogP contribution in [0.15, 0.2) is 41.0 Å². The first-order valence-electron chi connectivity index (χ1n) is 6.03. The highest BCUT2D eigenvalue weighted by Gasteiger charge is 2.11. The van der Waals surface area contributed by atoms with Crippen LogP contribution in [0, 0.1) is 6.92 Å². The monoisotopic (exact) mass is 321 g/mol. The van der Waals surface area contributed by atoms with Crippen molar-refractivity contribution in [3.05, 3.63) is 57.8 Å². The molecule has 0 saturated carbocycles. The van der Waals surface area contributed by atoms with Crippen molar-refractivity contribution in [3.63, 3.8) is 0 Å². The van der Waals surface area contributed by atoms with Crippen molar-refractivity contribution >= 4 is 15.9 Å². The first-order chi connectivity index (χ1) is 9.10. The molecule has 0 aliphatic rings. The molecule has 19 heavy (non-hydrogen) atoms. The molecule has 0 radical (unpaired) electrons. The number of pyridine rings is 1. The molecule has 0 fully saturated rings. The van der Waals surface area contributed by atoms with Gasteiger partial charge in [0.05, 0.1) is 23.4 Å². The van der Waals surface area contributed by atoms with E-state index in [2.05, 4.69) is 20.9 Å². The second-order valence-electron chi connectivity index (χ2n) is 4.45. The predicted molar refractivity (Wildman–Crippen MR) is 78.3 cm³/mol. The molecule has 4 heteroatoms. The van der Waals surface area contributed by atoms with Crippen LogP contribution >= 0.6 is 15.9 Å². The summed E-state index contributed by atoms with van der Waals surface area (Å²) < 4.78 is 6.07. The van der Waals surface area contributed by atoms with Crippen molar-refractivity contribution in [2.45, 2.75) is 19.4 Å². The van der Waals surface area contributed by atoms with Crippen molar-refractivity contribution in [2.24, 2.45) is 0 Å². The van der Waals surface area contributed by atoms with Gasteiger partial charge in [0.2, 0.25) is 0 Å². The number of hydrogen-bond donors (Lipinski definition) is 1. The zero-order valence-electron chi connectivity index (χ0n) is 10.9. The minimum Gasteiger partial charge on any atom is -0.496 e. The molecule has 0 aliphatic carbocycles. The number of halogens is 1. The third-order valence-corrected chi connectivity index (χ3v) is 3.54. The van der Waals surface area contributed by atoms with Gasteiger partial charge in [0.25, 0.3) is 0 Å². The van der Waals surface area contributed by atoms with Gasteiger partial charge in [-0.05, 0) is 58.2 Å². The summed E-state index contributed by atoms with van der Waals surface area (Å²) in [6.45, 7) is 1.99. The minimum atomic E-state index is -0.597. The number of rotatable bonds is 4. The Morgan fingerprint density at radius 2 is 2.11 bits per heavy atom. The molecular formula is C15H16BrNO2. The predicted octanol–water partition coefficient (Wildman–Crippen LogP) is 3.44. The van der Waals surface area contributed by atoms with Crippen molar-refractivity contribution in [2.75, 3.05) is 7.11 Å². The van der Waals surface area contributed by atoms with E-state index in [1.807, 2.05) is 37.3 Å². The van der Waals surface area contributed by atoms with Crippen LogP contribution in [0.3, 0.4) is 0 Å². The largest absolute Gasteiger partial charge is 0.496 e. The fourth-order valence-corrected chi connectivity index (χ4v) is 2.49. The highest BCUT2D eigenvalue weighted by molar-refractivity contribution is 9.10. The van der Waals surface area contributed by atoms with Crippen LogP contribution in [0.4, 0.5) is 0 Å². The van der Waals surface area contributed by atoms with Gasteiger partial charge in [-0.2, -0.15) is 0 Å². The molecule has 1 unspecified atom stereocenters. The third kappa shape index (κ3) is 3.55. The molecule has 1 aromatic heterocycles. The minimum absolute atomic E-state index is 0.527. The summed E-state index contributed by atoms with van der Waals surface area (Å²) in [5, 5.41) is 10.2. The van der Waals surface area contributed by atoms with Crippen molar-refractivity contribution in [1.29, 1.82) is 0 Å². The summed E-state index contributed by atoms with van der Waals surface area (Å²) in [7, 11) is 1.63. The standard InChI is InChI=1S/C15H16BrNO2/c1-10-5-6-17-13(7-10)14(18)9-11-3-4-15(19-2)12(16)8-11/h3-8,14,18H,9H2,1-2H3. The van der Waals surface area contributed by atoms with E-state index in [1.54, 1.807) is 13.3 Å². The van der Waals surface area contributed by atoms with E-state index in [4.69, 9.17) is 4.74 Å². The van der Waals surface area contributed by atoms with Gasteiger partial charge in [0.15, 0.2) is 0 Å². The molecule has 2 aromatic rings. The second-order valence-corrected chi connectivity index (χ2v) is 5.30. The molecule has 1 atom stereocenters. The van der Waals surface area contributed by atoms with Crippen molar-refractivity contribution < 1.29 is 9.84 Å². The molecule has 0 bridgehead atoms. The molecule has 1 heterocycles. The smallest absolute Gasteiger partial charge is 0.133 e. The van der Waals surface area contributed by atoms with E-state index in [0.717, 1.165) is 21.3 Å². The average molecular weight is 322 g/mol. The summed E-state index contributed by atoms with van der Waals surface area (Å²) in [6.07, 6.45) is 1.65. The first-order valence-corrected chi connectivity index (χ1v) is 6.82. The quantitative estimate of drug-likeness (QED) is 0.938. The average Bonchev–Trinajstić information content (AvgIpc) is 2.39. The van der Waals surface area contributed by atoms with Crippen molar-refractivity contribution in [1.82, 2.24) is 4.98 Å². The van der Waals surface area contributed by atoms with Crippen LogP contribution in [0.25, 0.3) is 0 Å². The number of ether oxygens (including phenoxy) is 1. The second kappa shape index (κ2) is 6.17. The highest BCUT2D eigenvalue weighted by atomic mass is 79.9. The number of hydrogen-bond acceptors (Lipinski definition) is 3.